The number of ether oxygens (including phenoxy) is 3. The standard InChI is InChI=1S/C28H30N2O8S2/c1-18-14-22(36-12-5-13-39(3,32)33)15-19(2)27(18)24-7-4-6-23-25(17-37-28(23)24)38-21-10-8-20(9-11-21)30-16-26(31)29-40(30,34)35/h4,6-11,14-16,25,29,31H,5,12-13,17H2,1-3H3/t25-/m1/s1. The average Bonchev–Trinajstić information content (AvgIpc) is 3.40. The summed E-state index contributed by atoms with van der Waals surface area (Å²) in [5, 5.41) is 9.52. The molecule has 0 unspecified atom stereocenters. The fourth-order valence-electron chi connectivity index (χ4n) is 4.89. The topological polar surface area (TPSA) is 131 Å². The zero-order valence-electron chi connectivity index (χ0n) is 22.2. The summed E-state index contributed by atoms with van der Waals surface area (Å²) in [5.74, 6) is 1.61. The molecule has 0 spiro atoms. The number of benzene rings is 3. The van der Waals surface area contributed by atoms with Crippen LogP contribution in [0, 0.1) is 13.8 Å². The van der Waals surface area contributed by atoms with Gasteiger partial charge in [0.15, 0.2) is 6.10 Å². The van der Waals surface area contributed by atoms with Gasteiger partial charge in [0.2, 0.25) is 5.88 Å². The lowest BCUT2D eigenvalue weighted by Gasteiger charge is -2.17. The van der Waals surface area contributed by atoms with Crippen LogP contribution in [-0.2, 0) is 20.0 Å². The summed E-state index contributed by atoms with van der Waals surface area (Å²) in [5.41, 5.74) is 5.23. The van der Waals surface area contributed by atoms with Gasteiger partial charge in [-0.05, 0) is 73.4 Å². The van der Waals surface area contributed by atoms with Crippen LogP contribution >= 0.6 is 0 Å². The molecule has 5 rings (SSSR count). The third kappa shape index (κ3) is 5.82. The summed E-state index contributed by atoms with van der Waals surface area (Å²) < 4.78 is 68.0. The Kier molecular flexibility index (Phi) is 7.32. The van der Waals surface area contributed by atoms with Crippen molar-refractivity contribution in [1.82, 2.24) is 4.72 Å². The van der Waals surface area contributed by atoms with Gasteiger partial charge in [0.25, 0.3) is 0 Å². The molecule has 1 atom stereocenters. The lowest BCUT2D eigenvalue weighted by Crippen LogP contribution is -2.29. The average molecular weight is 587 g/mol. The molecule has 10 nitrogen and oxygen atoms in total. The maximum Gasteiger partial charge on any atom is 0.330 e. The lowest BCUT2D eigenvalue weighted by atomic mass is 9.93. The molecule has 0 saturated heterocycles. The molecule has 0 amide bonds. The summed E-state index contributed by atoms with van der Waals surface area (Å²) in [6.45, 7) is 4.63. The second-order valence-electron chi connectivity index (χ2n) is 9.82. The van der Waals surface area contributed by atoms with E-state index in [0.29, 0.717) is 36.8 Å². The van der Waals surface area contributed by atoms with Crippen molar-refractivity contribution in [2.45, 2.75) is 26.4 Å². The Labute approximate surface area is 233 Å². The Morgan fingerprint density at radius 2 is 1.77 bits per heavy atom. The van der Waals surface area contributed by atoms with Crippen molar-refractivity contribution in [2.24, 2.45) is 0 Å². The summed E-state index contributed by atoms with van der Waals surface area (Å²) in [6, 6.07) is 16.3. The zero-order chi connectivity index (χ0) is 28.7. The number of anilines is 1. The van der Waals surface area contributed by atoms with Crippen molar-refractivity contribution in [3.63, 3.8) is 0 Å². The number of hydrogen-bond acceptors (Lipinski definition) is 8. The first-order chi connectivity index (χ1) is 18.9. The number of nitrogens with one attached hydrogen (secondary N) is 1. The number of nitrogens with zero attached hydrogens (tertiary/aromatic N) is 1. The van der Waals surface area contributed by atoms with E-state index in [9.17, 15) is 21.9 Å². The number of aliphatic hydroxyl groups is 1. The second kappa shape index (κ2) is 10.6. The molecule has 3 aromatic rings. The van der Waals surface area contributed by atoms with Crippen LogP contribution in [0.15, 0.2) is 66.7 Å². The smallest absolute Gasteiger partial charge is 0.330 e. The van der Waals surface area contributed by atoms with Crippen LogP contribution in [0.2, 0.25) is 0 Å². The SMILES string of the molecule is Cc1cc(OCCCS(C)(=O)=O)cc(C)c1-c1cccc2c1OC[C@H]2Oc1ccc(N2C=C(O)NS2(=O)=O)cc1. The van der Waals surface area contributed by atoms with E-state index in [2.05, 4.69) is 0 Å². The highest BCUT2D eigenvalue weighted by atomic mass is 32.2. The van der Waals surface area contributed by atoms with Crippen LogP contribution in [0.4, 0.5) is 5.69 Å². The second-order valence-corrected chi connectivity index (χ2v) is 13.6. The maximum atomic E-state index is 12.1. The van der Waals surface area contributed by atoms with E-state index in [1.807, 2.05) is 48.9 Å². The highest BCUT2D eigenvalue weighted by Crippen LogP contribution is 2.45. The van der Waals surface area contributed by atoms with E-state index in [0.717, 1.165) is 44.1 Å². The van der Waals surface area contributed by atoms with Crippen molar-refractivity contribution >= 4 is 25.7 Å². The van der Waals surface area contributed by atoms with Gasteiger partial charge in [-0.25, -0.2) is 17.4 Å². The molecule has 0 aromatic heterocycles. The predicted octanol–water partition coefficient (Wildman–Crippen LogP) is 4.31. The molecule has 0 bridgehead atoms. The Hall–Kier alpha value is -3.90. The van der Waals surface area contributed by atoms with E-state index >= 15 is 0 Å². The summed E-state index contributed by atoms with van der Waals surface area (Å²) in [6.07, 6.45) is 2.38. The number of aryl methyl sites for hydroxylation is 2. The minimum atomic E-state index is -3.87. The van der Waals surface area contributed by atoms with Gasteiger partial charge < -0.3 is 19.3 Å². The molecule has 2 aliphatic rings. The molecule has 2 N–H and O–H groups in total. The number of sulfone groups is 1. The molecule has 12 heteroatoms. The van der Waals surface area contributed by atoms with Crippen LogP contribution in [0.3, 0.4) is 0 Å². The van der Waals surface area contributed by atoms with Crippen molar-refractivity contribution in [2.75, 3.05) is 29.5 Å². The highest BCUT2D eigenvalue weighted by Gasteiger charge is 2.31. The number of hydrogen-bond donors (Lipinski definition) is 2. The Balaban J connectivity index is 1.32. The van der Waals surface area contributed by atoms with Crippen LogP contribution in [0.5, 0.6) is 17.2 Å². The van der Waals surface area contributed by atoms with E-state index in [1.165, 1.54) is 6.26 Å². The van der Waals surface area contributed by atoms with E-state index < -0.39 is 25.9 Å². The number of para-hydroxylation sites is 1. The minimum Gasteiger partial charge on any atom is -0.494 e. The van der Waals surface area contributed by atoms with Gasteiger partial charge in [-0.3, -0.25) is 0 Å². The maximum absolute atomic E-state index is 12.1. The van der Waals surface area contributed by atoms with Gasteiger partial charge in [-0.1, -0.05) is 18.2 Å². The Morgan fingerprint density at radius 1 is 1.07 bits per heavy atom. The Bertz CT molecular complexity index is 1660. The van der Waals surface area contributed by atoms with E-state index in [1.54, 1.807) is 24.3 Å². The van der Waals surface area contributed by atoms with Crippen molar-refractivity contribution < 1.29 is 36.2 Å². The third-order valence-corrected chi connectivity index (χ3v) is 8.91. The predicted molar refractivity (Wildman–Crippen MR) is 152 cm³/mol. The van der Waals surface area contributed by atoms with Crippen LogP contribution in [0.25, 0.3) is 11.1 Å². The number of rotatable bonds is 9. The van der Waals surface area contributed by atoms with Crippen LogP contribution < -0.4 is 23.2 Å². The third-order valence-electron chi connectivity index (χ3n) is 6.58. The zero-order valence-corrected chi connectivity index (χ0v) is 23.9. The number of fused-ring (bicyclic) bond motifs is 1. The molecular formula is C28H30N2O8S2. The Morgan fingerprint density at radius 3 is 2.40 bits per heavy atom. The molecule has 0 aliphatic carbocycles. The van der Waals surface area contributed by atoms with Crippen molar-refractivity contribution in [3.05, 3.63) is 83.4 Å². The van der Waals surface area contributed by atoms with Crippen molar-refractivity contribution in [1.29, 1.82) is 0 Å². The number of aliphatic hydroxyl groups excluding tert-OH is 1. The first kappa shape index (κ1) is 27.7. The molecule has 0 fully saturated rings. The molecule has 0 saturated carbocycles. The van der Waals surface area contributed by atoms with E-state index in [4.69, 9.17) is 14.2 Å². The quantitative estimate of drug-likeness (QED) is 0.355. The fraction of sp³-hybridized carbons (Fsp3) is 0.286. The van der Waals surface area contributed by atoms with Crippen molar-refractivity contribution in [3.8, 4) is 28.4 Å². The lowest BCUT2D eigenvalue weighted by molar-refractivity contribution is 0.163. The molecule has 212 valence electrons. The van der Waals surface area contributed by atoms with E-state index in [-0.39, 0.29) is 11.9 Å². The summed E-state index contributed by atoms with van der Waals surface area (Å²) >= 11 is 0. The van der Waals surface area contributed by atoms with Gasteiger partial charge in [-0.2, -0.15) is 8.42 Å². The molecular weight excluding hydrogens is 556 g/mol. The molecule has 3 aromatic carbocycles. The van der Waals surface area contributed by atoms with Gasteiger partial charge in [0.1, 0.15) is 33.7 Å². The summed E-state index contributed by atoms with van der Waals surface area (Å²) in [4.78, 5) is 0. The molecule has 0 radical (unpaired) electrons. The van der Waals surface area contributed by atoms with Crippen LogP contribution in [0.1, 0.15) is 29.2 Å². The fourth-order valence-corrected chi connectivity index (χ4v) is 6.59. The first-order valence-electron chi connectivity index (χ1n) is 12.6. The van der Waals surface area contributed by atoms with Gasteiger partial charge in [0.05, 0.1) is 24.2 Å². The monoisotopic (exact) mass is 586 g/mol. The largest absolute Gasteiger partial charge is 0.494 e. The van der Waals surface area contributed by atoms with Gasteiger partial charge >= 0.3 is 10.2 Å². The molecule has 2 heterocycles. The van der Waals surface area contributed by atoms with Gasteiger partial charge in [-0.15, -0.1) is 0 Å². The minimum absolute atomic E-state index is 0.0870. The summed E-state index contributed by atoms with van der Waals surface area (Å²) in [7, 11) is -6.89. The van der Waals surface area contributed by atoms with Gasteiger partial charge in [0, 0.05) is 17.4 Å². The highest BCUT2D eigenvalue weighted by molar-refractivity contribution is 7.91. The molecule has 40 heavy (non-hydrogen) atoms. The first-order valence-corrected chi connectivity index (χ1v) is 16.1. The van der Waals surface area contributed by atoms with Crippen LogP contribution in [-0.4, -0.2) is 47.2 Å². The molecule has 2 aliphatic heterocycles. The normalized spacial score (nSPS) is 17.5.